The van der Waals surface area contributed by atoms with Gasteiger partial charge in [0.05, 0.1) is 6.54 Å². The molecule has 0 atom stereocenters. The van der Waals surface area contributed by atoms with Crippen LogP contribution in [-0.4, -0.2) is 20.7 Å². The zero-order valence-corrected chi connectivity index (χ0v) is 17.7. The largest absolute Gasteiger partial charge is 0.486 e. The van der Waals surface area contributed by atoms with E-state index in [1.807, 2.05) is 24.3 Å². The van der Waals surface area contributed by atoms with Crippen molar-refractivity contribution in [3.05, 3.63) is 93.5 Å². The van der Waals surface area contributed by atoms with Crippen LogP contribution in [0.1, 0.15) is 21.9 Å². The Morgan fingerprint density at radius 2 is 2.00 bits per heavy atom. The van der Waals surface area contributed by atoms with Crippen LogP contribution in [0, 0.1) is 9.39 Å². The first-order chi connectivity index (χ1) is 14.5. The van der Waals surface area contributed by atoms with Crippen molar-refractivity contribution in [2.45, 2.75) is 13.2 Å². The van der Waals surface area contributed by atoms with Crippen LogP contribution in [-0.2, 0) is 13.2 Å². The number of benzene rings is 2. The van der Waals surface area contributed by atoms with Crippen molar-refractivity contribution in [1.82, 2.24) is 14.8 Å². The minimum atomic E-state index is -0.473. The number of nitrogens with one attached hydrogen (secondary N) is 1. The first kappa shape index (κ1) is 20.1. The molecule has 7 nitrogen and oxygen atoms in total. The lowest BCUT2D eigenvalue weighted by Crippen LogP contribution is -2.12. The van der Waals surface area contributed by atoms with E-state index in [9.17, 15) is 9.18 Å². The molecule has 2 heterocycles. The van der Waals surface area contributed by atoms with Crippen molar-refractivity contribution in [3.63, 3.8) is 0 Å². The van der Waals surface area contributed by atoms with Crippen molar-refractivity contribution in [2.24, 2.45) is 0 Å². The maximum Gasteiger partial charge on any atom is 0.293 e. The highest BCUT2D eigenvalue weighted by atomic mass is 127. The molecule has 2 aromatic carbocycles. The molecular weight excluding hydrogens is 502 g/mol. The summed E-state index contributed by atoms with van der Waals surface area (Å²) in [6.07, 6.45) is 1.46. The van der Waals surface area contributed by atoms with Crippen LogP contribution in [0.3, 0.4) is 0 Å². The lowest BCUT2D eigenvalue weighted by atomic mass is 10.2. The van der Waals surface area contributed by atoms with Crippen LogP contribution in [0.5, 0.6) is 5.75 Å². The molecule has 0 aliphatic rings. The first-order valence-electron chi connectivity index (χ1n) is 8.97. The van der Waals surface area contributed by atoms with Gasteiger partial charge in [-0.3, -0.25) is 10.1 Å². The molecule has 0 spiro atoms. The molecule has 9 heteroatoms. The fraction of sp³-hybridized carbons (Fsp3) is 0.0952. The number of carbonyl (C=O) groups excluding carboxylic acids is 1. The molecule has 0 aliphatic heterocycles. The van der Waals surface area contributed by atoms with Crippen molar-refractivity contribution in [1.29, 1.82) is 0 Å². The molecule has 1 N–H and O–H groups in total. The monoisotopic (exact) mass is 518 g/mol. The Labute approximate surface area is 185 Å². The van der Waals surface area contributed by atoms with E-state index in [-0.39, 0.29) is 24.1 Å². The summed E-state index contributed by atoms with van der Waals surface area (Å²) in [7, 11) is 0. The highest BCUT2D eigenvalue weighted by Gasteiger charge is 2.14. The maximum atomic E-state index is 13.3. The molecule has 30 heavy (non-hydrogen) atoms. The molecule has 0 unspecified atom stereocenters. The topological polar surface area (TPSA) is 82.2 Å². The first-order valence-corrected chi connectivity index (χ1v) is 10.1. The van der Waals surface area contributed by atoms with Gasteiger partial charge >= 0.3 is 0 Å². The molecule has 4 aromatic rings. The molecule has 0 bridgehead atoms. The highest BCUT2D eigenvalue weighted by Crippen LogP contribution is 2.17. The van der Waals surface area contributed by atoms with E-state index in [2.05, 4.69) is 38.0 Å². The second-order valence-corrected chi connectivity index (χ2v) is 7.60. The standard InChI is InChI=1S/C21H16FIN4O3/c22-15-3-1-2-14(10-15)11-27-13-24-21(26-27)25-20(28)19-9-8-18(30-19)12-29-17-6-4-16(23)5-7-17/h1-10,13H,11-12H2,(H,25,26,28). The molecule has 4 rings (SSSR count). The fourth-order valence-corrected chi connectivity index (χ4v) is 3.04. The molecule has 0 saturated carbocycles. The third-order valence-electron chi connectivity index (χ3n) is 4.08. The average molecular weight is 518 g/mol. The highest BCUT2D eigenvalue weighted by molar-refractivity contribution is 14.1. The Hall–Kier alpha value is -3.21. The van der Waals surface area contributed by atoms with Gasteiger partial charge in [0.1, 0.15) is 30.3 Å². The number of halogens is 2. The van der Waals surface area contributed by atoms with Gasteiger partial charge in [-0.15, -0.1) is 5.10 Å². The lowest BCUT2D eigenvalue weighted by Gasteiger charge is -2.04. The predicted molar refractivity (Wildman–Crippen MR) is 116 cm³/mol. The number of anilines is 1. The third kappa shape index (κ3) is 5.23. The summed E-state index contributed by atoms with van der Waals surface area (Å²) >= 11 is 2.22. The molecule has 1 amide bonds. The zero-order chi connectivity index (χ0) is 20.9. The number of ether oxygens (including phenoxy) is 1. The second kappa shape index (κ2) is 9.08. The van der Waals surface area contributed by atoms with Gasteiger partial charge in [-0.1, -0.05) is 12.1 Å². The molecule has 0 fully saturated rings. The molecule has 152 valence electrons. The summed E-state index contributed by atoms with van der Waals surface area (Å²) in [6, 6.07) is 17.1. The van der Waals surface area contributed by atoms with Crippen molar-refractivity contribution < 1.29 is 18.3 Å². The van der Waals surface area contributed by atoms with Gasteiger partial charge < -0.3 is 9.15 Å². The van der Waals surface area contributed by atoms with E-state index in [1.165, 1.54) is 23.1 Å². The van der Waals surface area contributed by atoms with Gasteiger partial charge in [-0.2, -0.15) is 0 Å². The summed E-state index contributed by atoms with van der Waals surface area (Å²) in [6.45, 7) is 0.537. The van der Waals surface area contributed by atoms with E-state index in [0.29, 0.717) is 18.1 Å². The SMILES string of the molecule is O=C(Nc1ncn(Cc2cccc(F)c2)n1)c1ccc(COc2ccc(I)cc2)o1. The van der Waals surface area contributed by atoms with Crippen molar-refractivity contribution >= 4 is 34.4 Å². The zero-order valence-electron chi connectivity index (χ0n) is 15.6. The second-order valence-electron chi connectivity index (χ2n) is 6.36. The van der Waals surface area contributed by atoms with Crippen LogP contribution in [0.25, 0.3) is 0 Å². The molecule has 0 saturated heterocycles. The number of amides is 1. The van der Waals surface area contributed by atoms with E-state index in [1.54, 1.807) is 24.3 Å². The van der Waals surface area contributed by atoms with Crippen LogP contribution in [0.2, 0.25) is 0 Å². The lowest BCUT2D eigenvalue weighted by molar-refractivity contribution is 0.0991. The van der Waals surface area contributed by atoms with E-state index < -0.39 is 5.91 Å². The summed E-state index contributed by atoms with van der Waals surface area (Å²) in [5.74, 6) is 0.691. The Kier molecular flexibility index (Phi) is 6.07. The van der Waals surface area contributed by atoms with Gasteiger partial charge in [0.15, 0.2) is 5.76 Å². The van der Waals surface area contributed by atoms with Gasteiger partial charge in [0.2, 0.25) is 5.95 Å². The minimum Gasteiger partial charge on any atom is -0.486 e. The van der Waals surface area contributed by atoms with Gasteiger partial charge in [0, 0.05) is 3.57 Å². The van der Waals surface area contributed by atoms with Crippen molar-refractivity contribution in [2.75, 3.05) is 5.32 Å². The fourth-order valence-electron chi connectivity index (χ4n) is 2.68. The molecule has 2 aromatic heterocycles. The van der Waals surface area contributed by atoms with Crippen LogP contribution in [0.15, 0.2) is 71.4 Å². The third-order valence-corrected chi connectivity index (χ3v) is 4.79. The Bertz CT molecular complexity index is 1160. The van der Waals surface area contributed by atoms with E-state index in [4.69, 9.17) is 9.15 Å². The van der Waals surface area contributed by atoms with Gasteiger partial charge in [0.25, 0.3) is 5.91 Å². The number of aromatic nitrogens is 3. The minimum absolute atomic E-state index is 0.123. The molecule has 0 aliphatic carbocycles. The van der Waals surface area contributed by atoms with E-state index >= 15 is 0 Å². The quantitative estimate of drug-likeness (QED) is 0.365. The van der Waals surface area contributed by atoms with Crippen LogP contribution >= 0.6 is 22.6 Å². The summed E-state index contributed by atoms with van der Waals surface area (Å²) in [5, 5.41) is 6.75. The number of hydrogen-bond acceptors (Lipinski definition) is 5. The van der Waals surface area contributed by atoms with E-state index in [0.717, 1.165) is 9.13 Å². The number of carbonyl (C=O) groups is 1. The number of furan rings is 1. The summed E-state index contributed by atoms with van der Waals surface area (Å²) < 4.78 is 27.1. The average Bonchev–Trinajstić information content (AvgIpc) is 3.37. The number of hydrogen-bond donors (Lipinski definition) is 1. The molecule has 0 radical (unpaired) electrons. The summed E-state index contributed by atoms with van der Waals surface area (Å²) in [4.78, 5) is 16.4. The van der Waals surface area contributed by atoms with Crippen LogP contribution < -0.4 is 10.1 Å². The number of rotatable bonds is 7. The Morgan fingerprint density at radius 1 is 1.17 bits per heavy atom. The Balaban J connectivity index is 1.33. The van der Waals surface area contributed by atoms with Crippen LogP contribution in [0.4, 0.5) is 10.3 Å². The van der Waals surface area contributed by atoms with Gasteiger partial charge in [-0.25, -0.2) is 14.1 Å². The van der Waals surface area contributed by atoms with Gasteiger partial charge in [-0.05, 0) is 76.7 Å². The number of nitrogens with zero attached hydrogens (tertiary/aromatic N) is 3. The smallest absolute Gasteiger partial charge is 0.293 e. The Morgan fingerprint density at radius 3 is 2.80 bits per heavy atom. The summed E-state index contributed by atoms with van der Waals surface area (Å²) in [5.41, 5.74) is 0.738. The maximum absolute atomic E-state index is 13.3. The predicted octanol–water partition coefficient (Wildman–Crippen LogP) is 4.49. The van der Waals surface area contributed by atoms with Crippen molar-refractivity contribution in [3.8, 4) is 5.75 Å². The molecular formula is C21H16FIN4O3. The normalized spacial score (nSPS) is 10.7.